The van der Waals surface area contributed by atoms with Crippen molar-refractivity contribution in [1.82, 2.24) is 9.97 Å². The highest BCUT2D eigenvalue weighted by Crippen LogP contribution is 2.47. The number of aliphatic hydroxyl groups excluding tert-OH is 1. The zero-order chi connectivity index (χ0) is 14.9. The summed E-state index contributed by atoms with van der Waals surface area (Å²) in [5, 5.41) is 10.3. The maximum atomic E-state index is 8.97. The Labute approximate surface area is 136 Å². The standard InChI is InChI=1S/C16H14N2O2S2/c19-6-7-20-16-11-5-8-21-14-10-3-1-2-4-12(10)22-15(14)13(11)17-9-18-16/h1-4,9,19H,5-8H2. The van der Waals surface area contributed by atoms with Gasteiger partial charge in [0.25, 0.3) is 0 Å². The molecule has 1 aliphatic heterocycles. The molecular weight excluding hydrogens is 316 g/mol. The SMILES string of the molecule is OCCOc1ncnc2c1CCSc1c-2sc2ccccc12. The molecule has 112 valence electrons. The number of benzene rings is 1. The van der Waals surface area contributed by atoms with Crippen molar-refractivity contribution in [2.24, 2.45) is 0 Å². The Kier molecular flexibility index (Phi) is 3.73. The fourth-order valence-electron chi connectivity index (χ4n) is 2.66. The van der Waals surface area contributed by atoms with Crippen molar-refractivity contribution in [2.75, 3.05) is 19.0 Å². The smallest absolute Gasteiger partial charge is 0.220 e. The second-order valence-electron chi connectivity index (χ2n) is 4.93. The molecule has 3 aromatic rings. The molecule has 22 heavy (non-hydrogen) atoms. The molecule has 0 aliphatic carbocycles. The van der Waals surface area contributed by atoms with Crippen molar-refractivity contribution in [3.05, 3.63) is 36.2 Å². The first-order chi connectivity index (χ1) is 10.9. The minimum absolute atomic E-state index is 0.0122. The van der Waals surface area contributed by atoms with Crippen LogP contribution in [0.1, 0.15) is 5.56 Å². The molecule has 6 heteroatoms. The van der Waals surface area contributed by atoms with E-state index in [9.17, 15) is 0 Å². The number of nitrogens with zero attached hydrogens (tertiary/aromatic N) is 2. The molecule has 3 heterocycles. The molecule has 4 rings (SSSR count). The monoisotopic (exact) mass is 330 g/mol. The van der Waals surface area contributed by atoms with Crippen LogP contribution in [0.4, 0.5) is 0 Å². The van der Waals surface area contributed by atoms with Crippen LogP contribution >= 0.6 is 23.1 Å². The third-order valence-corrected chi connectivity index (χ3v) is 6.03. The van der Waals surface area contributed by atoms with Crippen molar-refractivity contribution in [2.45, 2.75) is 11.3 Å². The summed E-state index contributed by atoms with van der Waals surface area (Å²) < 4.78 is 6.87. The lowest BCUT2D eigenvalue weighted by molar-refractivity contribution is 0.195. The summed E-state index contributed by atoms with van der Waals surface area (Å²) >= 11 is 3.64. The largest absolute Gasteiger partial charge is 0.475 e. The average molecular weight is 330 g/mol. The van der Waals surface area contributed by atoms with E-state index in [0.717, 1.165) is 23.4 Å². The van der Waals surface area contributed by atoms with Crippen molar-refractivity contribution >= 4 is 33.2 Å². The number of hydrogen-bond acceptors (Lipinski definition) is 6. The summed E-state index contributed by atoms with van der Waals surface area (Å²) in [6.07, 6.45) is 2.42. The van der Waals surface area contributed by atoms with E-state index >= 15 is 0 Å². The third kappa shape index (κ3) is 2.27. The van der Waals surface area contributed by atoms with Crippen LogP contribution in [-0.4, -0.2) is 34.0 Å². The van der Waals surface area contributed by atoms with Gasteiger partial charge in [-0.1, -0.05) is 18.2 Å². The summed E-state index contributed by atoms with van der Waals surface area (Å²) in [6.45, 7) is 0.248. The number of thiophene rings is 1. The average Bonchev–Trinajstić information content (AvgIpc) is 2.82. The van der Waals surface area contributed by atoms with Gasteiger partial charge in [-0.05, 0) is 12.5 Å². The minimum atomic E-state index is -0.0122. The first kappa shape index (κ1) is 14.0. The maximum Gasteiger partial charge on any atom is 0.220 e. The highest BCUT2D eigenvalue weighted by atomic mass is 32.2. The normalized spacial score (nSPS) is 13.5. The molecule has 0 atom stereocenters. The number of aliphatic hydroxyl groups is 1. The van der Waals surface area contributed by atoms with Gasteiger partial charge < -0.3 is 9.84 Å². The highest BCUT2D eigenvalue weighted by molar-refractivity contribution is 7.99. The van der Waals surface area contributed by atoms with Crippen LogP contribution in [0.15, 0.2) is 35.5 Å². The van der Waals surface area contributed by atoms with E-state index in [4.69, 9.17) is 9.84 Å². The van der Waals surface area contributed by atoms with E-state index in [2.05, 4.69) is 34.2 Å². The van der Waals surface area contributed by atoms with Crippen LogP contribution < -0.4 is 4.74 Å². The molecule has 0 saturated heterocycles. The zero-order valence-electron chi connectivity index (χ0n) is 11.8. The van der Waals surface area contributed by atoms with E-state index in [1.165, 1.54) is 19.9 Å². The summed E-state index contributed by atoms with van der Waals surface area (Å²) in [6, 6.07) is 8.48. The Balaban J connectivity index is 1.91. The van der Waals surface area contributed by atoms with Crippen molar-refractivity contribution in [3.8, 4) is 16.5 Å². The molecule has 1 N–H and O–H groups in total. The number of hydrogen-bond donors (Lipinski definition) is 1. The molecule has 0 fully saturated rings. The predicted molar refractivity (Wildman–Crippen MR) is 89.9 cm³/mol. The molecule has 0 unspecified atom stereocenters. The zero-order valence-corrected chi connectivity index (χ0v) is 13.4. The fourth-order valence-corrected chi connectivity index (χ4v) is 5.22. The predicted octanol–water partition coefficient (Wildman–Crippen LogP) is 3.38. The van der Waals surface area contributed by atoms with Gasteiger partial charge in [0.15, 0.2) is 0 Å². The Bertz CT molecular complexity index is 832. The molecule has 1 aromatic carbocycles. The quantitative estimate of drug-likeness (QED) is 0.798. The van der Waals surface area contributed by atoms with Crippen LogP contribution in [0, 0.1) is 0 Å². The molecule has 4 nitrogen and oxygen atoms in total. The first-order valence-electron chi connectivity index (χ1n) is 7.10. The van der Waals surface area contributed by atoms with Gasteiger partial charge in [0.05, 0.1) is 17.2 Å². The Morgan fingerprint density at radius 2 is 2.14 bits per heavy atom. The Morgan fingerprint density at radius 1 is 1.23 bits per heavy atom. The number of rotatable bonds is 3. The van der Waals surface area contributed by atoms with Gasteiger partial charge in [-0.3, -0.25) is 0 Å². The van der Waals surface area contributed by atoms with Gasteiger partial charge in [-0.2, -0.15) is 0 Å². The molecule has 0 radical (unpaired) electrons. The van der Waals surface area contributed by atoms with E-state index in [1.54, 1.807) is 17.7 Å². The minimum Gasteiger partial charge on any atom is -0.475 e. The van der Waals surface area contributed by atoms with Crippen molar-refractivity contribution in [1.29, 1.82) is 0 Å². The van der Waals surface area contributed by atoms with E-state index < -0.39 is 0 Å². The summed E-state index contributed by atoms with van der Waals surface area (Å²) in [5.74, 6) is 1.58. The van der Waals surface area contributed by atoms with Gasteiger partial charge >= 0.3 is 0 Å². The molecule has 2 aromatic heterocycles. The summed E-state index contributed by atoms with van der Waals surface area (Å²) in [4.78, 5) is 11.3. The van der Waals surface area contributed by atoms with Crippen LogP contribution in [0.25, 0.3) is 20.7 Å². The van der Waals surface area contributed by atoms with E-state index in [-0.39, 0.29) is 13.2 Å². The van der Waals surface area contributed by atoms with Gasteiger partial charge in [0, 0.05) is 26.3 Å². The lowest BCUT2D eigenvalue weighted by Gasteiger charge is -2.10. The fraction of sp³-hybridized carbons (Fsp3) is 0.250. The van der Waals surface area contributed by atoms with Crippen LogP contribution in [0.5, 0.6) is 5.88 Å². The summed E-state index contributed by atoms with van der Waals surface area (Å²) in [5.41, 5.74) is 2.03. The Morgan fingerprint density at radius 3 is 3.05 bits per heavy atom. The number of ether oxygens (including phenoxy) is 1. The third-order valence-electron chi connectivity index (χ3n) is 3.60. The lowest BCUT2D eigenvalue weighted by Crippen LogP contribution is -2.07. The molecular formula is C16H14N2O2S2. The second-order valence-corrected chi connectivity index (χ2v) is 7.09. The Hall–Kier alpha value is -1.63. The van der Waals surface area contributed by atoms with E-state index in [0.29, 0.717) is 5.88 Å². The van der Waals surface area contributed by atoms with Gasteiger partial charge in [0.1, 0.15) is 12.9 Å². The molecule has 0 saturated carbocycles. The molecule has 1 aliphatic rings. The first-order valence-corrected chi connectivity index (χ1v) is 8.91. The van der Waals surface area contributed by atoms with Crippen LogP contribution in [0.2, 0.25) is 0 Å². The second kappa shape index (κ2) is 5.87. The van der Waals surface area contributed by atoms with Gasteiger partial charge in [-0.15, -0.1) is 23.1 Å². The number of thioether (sulfide) groups is 1. The number of aromatic nitrogens is 2. The van der Waals surface area contributed by atoms with Gasteiger partial charge in [0.2, 0.25) is 5.88 Å². The van der Waals surface area contributed by atoms with Gasteiger partial charge in [-0.25, -0.2) is 9.97 Å². The molecule has 0 bridgehead atoms. The number of fused-ring (bicyclic) bond motifs is 5. The van der Waals surface area contributed by atoms with Crippen molar-refractivity contribution < 1.29 is 9.84 Å². The van der Waals surface area contributed by atoms with E-state index in [1.807, 2.05) is 11.8 Å². The van der Waals surface area contributed by atoms with Crippen LogP contribution in [-0.2, 0) is 6.42 Å². The summed E-state index contributed by atoms with van der Waals surface area (Å²) in [7, 11) is 0. The lowest BCUT2D eigenvalue weighted by atomic mass is 10.1. The highest BCUT2D eigenvalue weighted by Gasteiger charge is 2.24. The van der Waals surface area contributed by atoms with Crippen LogP contribution in [0.3, 0.4) is 0 Å². The maximum absolute atomic E-state index is 8.97. The molecule has 0 spiro atoms. The topological polar surface area (TPSA) is 55.2 Å². The van der Waals surface area contributed by atoms with Crippen molar-refractivity contribution in [3.63, 3.8) is 0 Å². The molecule has 0 amide bonds.